The van der Waals surface area contributed by atoms with Crippen molar-refractivity contribution in [1.82, 2.24) is 5.43 Å². The van der Waals surface area contributed by atoms with Crippen LogP contribution in [0.3, 0.4) is 0 Å². The fourth-order valence-corrected chi connectivity index (χ4v) is 3.65. The normalized spacial score (nSPS) is 16.6. The Labute approximate surface area is 185 Å². The summed E-state index contributed by atoms with van der Waals surface area (Å²) in [6, 6.07) is 13.2. The van der Waals surface area contributed by atoms with Gasteiger partial charge in [0.15, 0.2) is 0 Å². The zero-order valence-corrected chi connectivity index (χ0v) is 17.2. The second-order valence-electron chi connectivity index (χ2n) is 6.89. The zero-order chi connectivity index (χ0) is 21.7. The van der Waals surface area contributed by atoms with E-state index in [4.69, 9.17) is 32.4 Å². The maximum Gasteiger partial charge on any atom is 0.338 e. The Morgan fingerprint density at radius 3 is 2.61 bits per heavy atom. The van der Waals surface area contributed by atoms with E-state index >= 15 is 0 Å². The summed E-state index contributed by atoms with van der Waals surface area (Å²) in [7, 11) is 0. The lowest BCUT2D eigenvalue weighted by Gasteiger charge is -2.15. The highest BCUT2D eigenvalue weighted by atomic mass is 35.5. The largest absolute Gasteiger partial charge is 0.457 e. The molecule has 0 spiro atoms. The Morgan fingerprint density at radius 1 is 0.968 bits per heavy atom. The van der Waals surface area contributed by atoms with E-state index in [-0.39, 0.29) is 23.2 Å². The van der Waals surface area contributed by atoms with Gasteiger partial charge >= 0.3 is 5.97 Å². The summed E-state index contributed by atoms with van der Waals surface area (Å²) >= 11 is 11.9. The summed E-state index contributed by atoms with van der Waals surface area (Å²) in [5, 5.41) is 1.68. The summed E-state index contributed by atoms with van der Waals surface area (Å²) in [6.07, 6.45) is 1.36. The number of hydrogen-bond acceptors (Lipinski definition) is 5. The van der Waals surface area contributed by atoms with Gasteiger partial charge in [0.1, 0.15) is 23.7 Å². The number of ether oxygens (including phenoxy) is 1. The molecule has 2 amide bonds. The number of esters is 1. The van der Waals surface area contributed by atoms with E-state index in [1.165, 1.54) is 18.2 Å². The first-order chi connectivity index (χ1) is 14.9. The van der Waals surface area contributed by atoms with Gasteiger partial charge in [0.05, 0.1) is 21.3 Å². The van der Waals surface area contributed by atoms with Crippen molar-refractivity contribution < 1.29 is 23.5 Å². The second kappa shape index (κ2) is 7.30. The third kappa shape index (κ3) is 3.37. The maximum absolute atomic E-state index is 12.8. The number of hydrazine groups is 1. The van der Waals surface area contributed by atoms with Crippen LogP contribution in [0.25, 0.3) is 17.4 Å². The SMILES string of the molecule is O=C1NN(c2ccc(Cl)c(Cl)c2)C(=O)C1=Cc1ccc(-c2ccc3c(c2)C(=O)OC3)o1. The molecule has 31 heavy (non-hydrogen) atoms. The number of furan rings is 1. The van der Waals surface area contributed by atoms with Crippen molar-refractivity contribution >= 4 is 52.7 Å². The molecule has 2 aliphatic heterocycles. The molecule has 2 aliphatic rings. The number of amides is 2. The molecule has 1 aromatic heterocycles. The number of anilines is 1. The van der Waals surface area contributed by atoms with Gasteiger partial charge in [-0.25, -0.2) is 9.80 Å². The highest BCUT2D eigenvalue weighted by Crippen LogP contribution is 2.31. The van der Waals surface area contributed by atoms with Crippen LogP contribution in [0.2, 0.25) is 10.0 Å². The van der Waals surface area contributed by atoms with E-state index in [0.717, 1.165) is 10.6 Å². The van der Waals surface area contributed by atoms with E-state index in [1.54, 1.807) is 30.3 Å². The van der Waals surface area contributed by atoms with Gasteiger partial charge in [-0.2, -0.15) is 0 Å². The molecular weight excluding hydrogens is 443 g/mol. The van der Waals surface area contributed by atoms with Crippen LogP contribution in [0.5, 0.6) is 0 Å². The van der Waals surface area contributed by atoms with Crippen LogP contribution in [-0.2, 0) is 20.9 Å². The van der Waals surface area contributed by atoms with Crippen LogP contribution in [-0.4, -0.2) is 17.8 Å². The molecule has 3 aromatic rings. The average Bonchev–Trinajstić information content (AvgIpc) is 3.45. The Hall–Kier alpha value is -3.55. The van der Waals surface area contributed by atoms with Crippen molar-refractivity contribution in [1.29, 1.82) is 0 Å². The van der Waals surface area contributed by atoms with Gasteiger partial charge in [0.25, 0.3) is 11.8 Å². The summed E-state index contributed by atoms with van der Waals surface area (Å²) in [4.78, 5) is 36.9. The molecule has 5 rings (SSSR count). The van der Waals surface area contributed by atoms with Crippen LogP contribution < -0.4 is 10.4 Å². The molecule has 1 saturated heterocycles. The van der Waals surface area contributed by atoms with E-state index in [1.807, 2.05) is 6.07 Å². The van der Waals surface area contributed by atoms with Crippen LogP contribution >= 0.6 is 23.2 Å². The molecule has 9 heteroatoms. The van der Waals surface area contributed by atoms with E-state index in [0.29, 0.717) is 33.4 Å². The minimum absolute atomic E-state index is 0.0931. The molecule has 154 valence electrons. The van der Waals surface area contributed by atoms with Gasteiger partial charge in [-0.15, -0.1) is 0 Å². The molecule has 0 saturated carbocycles. The highest BCUT2D eigenvalue weighted by Gasteiger charge is 2.35. The van der Waals surface area contributed by atoms with Gasteiger partial charge in [-0.3, -0.25) is 15.0 Å². The minimum atomic E-state index is -0.575. The predicted molar refractivity (Wildman–Crippen MR) is 113 cm³/mol. The first-order valence-corrected chi connectivity index (χ1v) is 9.89. The quantitative estimate of drug-likeness (QED) is 0.360. The van der Waals surface area contributed by atoms with E-state index < -0.39 is 11.8 Å². The highest BCUT2D eigenvalue weighted by molar-refractivity contribution is 6.42. The third-order valence-electron chi connectivity index (χ3n) is 4.94. The molecule has 1 N–H and O–H groups in total. The van der Waals surface area contributed by atoms with E-state index in [2.05, 4.69) is 5.43 Å². The summed E-state index contributed by atoms with van der Waals surface area (Å²) < 4.78 is 10.8. The Kier molecular flexibility index (Phi) is 4.57. The van der Waals surface area contributed by atoms with Crippen LogP contribution in [0.1, 0.15) is 21.7 Å². The Bertz CT molecular complexity index is 1310. The molecular formula is C22H12Cl2N2O5. The molecule has 1 fully saturated rings. The standard InChI is InChI=1S/C22H12Cl2N2O5/c23-17-5-3-13(8-18(17)24)26-21(28)16(20(27)25-26)9-14-4-6-19(31-14)11-1-2-12-10-30-22(29)15(12)7-11/h1-9H,10H2,(H,25,27). The molecule has 0 aliphatic carbocycles. The third-order valence-corrected chi connectivity index (χ3v) is 5.68. The molecule has 3 heterocycles. The molecule has 0 unspecified atom stereocenters. The number of nitrogens with one attached hydrogen (secondary N) is 1. The molecule has 0 atom stereocenters. The van der Waals surface area contributed by atoms with Gasteiger partial charge in [-0.1, -0.05) is 35.3 Å². The Morgan fingerprint density at radius 2 is 1.81 bits per heavy atom. The van der Waals surface area contributed by atoms with Crippen LogP contribution in [0, 0.1) is 0 Å². The van der Waals surface area contributed by atoms with Gasteiger partial charge in [-0.05, 0) is 42.5 Å². The number of nitrogens with zero attached hydrogens (tertiary/aromatic N) is 1. The zero-order valence-electron chi connectivity index (χ0n) is 15.6. The van der Waals surface area contributed by atoms with Crippen molar-refractivity contribution in [2.24, 2.45) is 0 Å². The van der Waals surface area contributed by atoms with Gasteiger partial charge in [0.2, 0.25) is 0 Å². The number of halogens is 2. The van der Waals surface area contributed by atoms with Gasteiger partial charge < -0.3 is 9.15 Å². The molecule has 0 radical (unpaired) electrons. The lowest BCUT2D eigenvalue weighted by molar-refractivity contribution is -0.117. The number of benzene rings is 2. The van der Waals surface area contributed by atoms with E-state index in [9.17, 15) is 14.4 Å². The molecule has 2 aromatic carbocycles. The number of fused-ring (bicyclic) bond motifs is 1. The average molecular weight is 455 g/mol. The van der Waals surface area contributed by atoms with Crippen molar-refractivity contribution in [2.45, 2.75) is 6.61 Å². The first-order valence-electron chi connectivity index (χ1n) is 9.13. The summed E-state index contributed by atoms with van der Waals surface area (Å²) in [5.74, 6) is -0.702. The fraction of sp³-hybridized carbons (Fsp3) is 0.0455. The van der Waals surface area contributed by atoms with Crippen LogP contribution in [0.15, 0.2) is 58.5 Å². The van der Waals surface area contributed by atoms with Crippen molar-refractivity contribution in [2.75, 3.05) is 5.01 Å². The summed E-state index contributed by atoms with van der Waals surface area (Å²) in [6.45, 7) is 0.260. The molecule has 0 bridgehead atoms. The second-order valence-corrected chi connectivity index (χ2v) is 7.70. The Balaban J connectivity index is 1.42. The van der Waals surface area contributed by atoms with Crippen molar-refractivity contribution in [3.8, 4) is 11.3 Å². The van der Waals surface area contributed by atoms with Crippen molar-refractivity contribution in [3.63, 3.8) is 0 Å². The smallest absolute Gasteiger partial charge is 0.338 e. The maximum atomic E-state index is 12.8. The number of hydrogen-bond donors (Lipinski definition) is 1. The number of rotatable bonds is 3. The number of cyclic esters (lactones) is 1. The predicted octanol–water partition coefficient (Wildman–Crippen LogP) is 4.39. The summed E-state index contributed by atoms with van der Waals surface area (Å²) in [5.41, 5.74) is 4.77. The van der Waals surface area contributed by atoms with Crippen LogP contribution in [0.4, 0.5) is 5.69 Å². The first kappa shape index (κ1) is 19.4. The molecule has 7 nitrogen and oxygen atoms in total. The lowest BCUT2D eigenvalue weighted by atomic mass is 10.0. The number of carbonyl (C=O) groups excluding carboxylic acids is 3. The number of carbonyl (C=O) groups is 3. The van der Waals surface area contributed by atoms with Crippen molar-refractivity contribution in [3.05, 3.63) is 81.0 Å². The van der Waals surface area contributed by atoms with Gasteiger partial charge in [0, 0.05) is 11.1 Å². The monoisotopic (exact) mass is 454 g/mol. The minimum Gasteiger partial charge on any atom is -0.457 e. The topological polar surface area (TPSA) is 88.9 Å². The fourth-order valence-electron chi connectivity index (χ4n) is 3.36. The lowest BCUT2D eigenvalue weighted by Crippen LogP contribution is -2.35.